The van der Waals surface area contributed by atoms with Gasteiger partial charge in [-0.3, -0.25) is 4.90 Å². The van der Waals surface area contributed by atoms with Crippen molar-refractivity contribution >= 4 is 23.2 Å². The van der Waals surface area contributed by atoms with Gasteiger partial charge in [-0.2, -0.15) is 0 Å². The molecule has 156 valence electrons. The second-order valence-corrected chi connectivity index (χ2v) is 8.60. The molecule has 1 saturated heterocycles. The van der Waals surface area contributed by atoms with E-state index in [2.05, 4.69) is 41.1 Å². The molecule has 0 radical (unpaired) electrons. The minimum atomic E-state index is -0.397. The Morgan fingerprint density at radius 3 is 2.60 bits per heavy atom. The predicted octanol–water partition coefficient (Wildman–Crippen LogP) is 6.21. The lowest BCUT2D eigenvalue weighted by atomic mass is 9.85. The van der Waals surface area contributed by atoms with Gasteiger partial charge in [0.25, 0.3) is 0 Å². The number of ether oxygens (including phenoxy) is 1. The fourth-order valence-electron chi connectivity index (χ4n) is 4.17. The van der Waals surface area contributed by atoms with Gasteiger partial charge in [0.1, 0.15) is 11.9 Å². The second kappa shape index (κ2) is 9.34. The number of hydrogen-bond donors (Lipinski definition) is 0. The topological polar surface area (TPSA) is 25.4 Å². The monoisotopic (exact) mass is 444 g/mol. The van der Waals surface area contributed by atoms with Crippen molar-refractivity contribution in [2.75, 3.05) is 13.1 Å². The first-order chi connectivity index (χ1) is 14.5. The Morgan fingerprint density at radius 1 is 1.10 bits per heavy atom. The Bertz CT molecular complexity index is 984. The largest absolute Gasteiger partial charge is 0.474 e. The molecule has 3 nitrogen and oxygen atoms in total. The van der Waals surface area contributed by atoms with E-state index in [9.17, 15) is 4.39 Å². The quantitative estimate of drug-likeness (QED) is 0.451. The van der Waals surface area contributed by atoms with E-state index in [1.165, 1.54) is 11.6 Å². The van der Waals surface area contributed by atoms with Crippen LogP contribution >= 0.6 is 23.2 Å². The molecule has 0 saturated carbocycles. The maximum Gasteiger partial charge on any atom is 0.213 e. The fraction of sp³-hybridized carbons (Fsp3) is 0.292. The van der Waals surface area contributed by atoms with Gasteiger partial charge in [0.2, 0.25) is 5.88 Å². The number of hydrogen-bond acceptors (Lipinski definition) is 3. The van der Waals surface area contributed by atoms with Gasteiger partial charge in [-0.15, -0.1) is 0 Å². The lowest BCUT2D eigenvalue weighted by Gasteiger charge is -2.26. The van der Waals surface area contributed by atoms with Crippen LogP contribution in [-0.2, 0) is 6.54 Å². The number of benzene rings is 2. The molecule has 2 heterocycles. The maximum atomic E-state index is 13.7. The van der Waals surface area contributed by atoms with E-state index in [-0.39, 0.29) is 23.0 Å². The van der Waals surface area contributed by atoms with Gasteiger partial charge < -0.3 is 4.74 Å². The third-order valence-corrected chi connectivity index (χ3v) is 6.18. The fourth-order valence-corrected chi connectivity index (χ4v) is 4.47. The van der Waals surface area contributed by atoms with E-state index in [1.54, 1.807) is 24.4 Å². The normalized spacial score (nSPS) is 20.3. The van der Waals surface area contributed by atoms with E-state index < -0.39 is 5.82 Å². The minimum Gasteiger partial charge on any atom is -0.474 e. The van der Waals surface area contributed by atoms with Crippen LogP contribution in [0.3, 0.4) is 0 Å². The molecule has 0 spiro atoms. The second-order valence-electron chi connectivity index (χ2n) is 7.76. The number of likely N-dealkylation sites (tertiary alicyclic amines) is 1. The van der Waals surface area contributed by atoms with Gasteiger partial charge in [-0.25, -0.2) is 9.37 Å². The van der Waals surface area contributed by atoms with Crippen molar-refractivity contribution < 1.29 is 9.13 Å². The molecule has 0 bridgehead atoms. The van der Waals surface area contributed by atoms with Crippen molar-refractivity contribution in [3.63, 3.8) is 0 Å². The Kier molecular flexibility index (Phi) is 6.57. The highest BCUT2D eigenvalue weighted by molar-refractivity contribution is 6.30. The van der Waals surface area contributed by atoms with E-state index >= 15 is 0 Å². The molecule has 1 aromatic heterocycles. The Hall–Kier alpha value is -2.14. The van der Waals surface area contributed by atoms with Gasteiger partial charge in [-0.05, 0) is 36.2 Å². The van der Waals surface area contributed by atoms with E-state index in [1.807, 2.05) is 12.1 Å². The zero-order chi connectivity index (χ0) is 21.1. The summed E-state index contributed by atoms with van der Waals surface area (Å²) in [5, 5.41) is 0.726. The molecule has 1 fully saturated rings. The van der Waals surface area contributed by atoms with Crippen molar-refractivity contribution in [3.8, 4) is 5.88 Å². The van der Waals surface area contributed by atoms with Crippen LogP contribution in [0.1, 0.15) is 24.0 Å². The number of nitrogens with zero attached hydrogens (tertiary/aromatic N) is 2. The molecule has 0 amide bonds. The summed E-state index contributed by atoms with van der Waals surface area (Å²) in [6.07, 6.45) is 1.49. The molecular formula is C24H23Cl2FN2O. The van der Waals surface area contributed by atoms with Crippen LogP contribution in [0, 0.1) is 11.7 Å². The molecule has 3 aromatic rings. The standard InChI is InChI=1S/C24H23Cl2FN2O/c1-16(30-24-10-8-19(25)12-28-24)20-14-29(13-17-5-3-2-4-6-17)15-21(20)18-7-9-23(27)22(26)11-18/h2-12,16,20-21H,13-15H2,1H3. The zero-order valence-electron chi connectivity index (χ0n) is 16.6. The first kappa shape index (κ1) is 21.1. The van der Waals surface area contributed by atoms with Crippen molar-refractivity contribution in [2.24, 2.45) is 5.92 Å². The van der Waals surface area contributed by atoms with E-state index in [0.717, 1.165) is 25.2 Å². The van der Waals surface area contributed by atoms with Crippen LogP contribution in [0.4, 0.5) is 4.39 Å². The van der Waals surface area contributed by atoms with Crippen LogP contribution in [0.2, 0.25) is 10.0 Å². The number of aromatic nitrogens is 1. The van der Waals surface area contributed by atoms with E-state index in [4.69, 9.17) is 27.9 Å². The van der Waals surface area contributed by atoms with Gasteiger partial charge in [-0.1, -0.05) is 59.6 Å². The highest BCUT2D eigenvalue weighted by Gasteiger charge is 2.38. The molecule has 6 heteroatoms. The third kappa shape index (κ3) is 4.94. The molecule has 3 unspecified atom stereocenters. The lowest BCUT2D eigenvalue weighted by Crippen LogP contribution is -2.30. The molecule has 0 aliphatic carbocycles. The summed E-state index contributed by atoms with van der Waals surface area (Å²) in [6, 6.07) is 19.0. The van der Waals surface area contributed by atoms with Gasteiger partial charge in [0.15, 0.2) is 0 Å². The summed E-state index contributed by atoms with van der Waals surface area (Å²) in [4.78, 5) is 6.68. The summed E-state index contributed by atoms with van der Waals surface area (Å²) in [6.45, 7) is 4.63. The predicted molar refractivity (Wildman–Crippen MR) is 119 cm³/mol. The highest BCUT2D eigenvalue weighted by atomic mass is 35.5. The summed E-state index contributed by atoms with van der Waals surface area (Å²) in [5.41, 5.74) is 2.29. The molecule has 4 rings (SSSR count). The molecule has 0 N–H and O–H groups in total. The van der Waals surface area contributed by atoms with Crippen LogP contribution in [-0.4, -0.2) is 29.1 Å². The summed E-state index contributed by atoms with van der Waals surface area (Å²) < 4.78 is 19.9. The maximum absolute atomic E-state index is 13.7. The smallest absolute Gasteiger partial charge is 0.213 e. The van der Waals surface area contributed by atoms with Crippen LogP contribution < -0.4 is 4.74 Å². The Balaban J connectivity index is 1.56. The minimum absolute atomic E-state index is 0.0896. The zero-order valence-corrected chi connectivity index (χ0v) is 18.2. The van der Waals surface area contributed by atoms with Crippen molar-refractivity contribution in [1.82, 2.24) is 9.88 Å². The SMILES string of the molecule is CC(Oc1ccc(Cl)cn1)C1CN(Cc2ccccc2)CC1c1ccc(F)c(Cl)c1. The lowest BCUT2D eigenvalue weighted by molar-refractivity contribution is 0.138. The number of rotatable bonds is 6. The molecule has 1 aliphatic rings. The van der Waals surface area contributed by atoms with Gasteiger partial charge in [0, 0.05) is 43.7 Å². The first-order valence-corrected chi connectivity index (χ1v) is 10.7. The molecule has 3 atom stereocenters. The molecular weight excluding hydrogens is 422 g/mol. The third-order valence-electron chi connectivity index (χ3n) is 5.67. The van der Waals surface area contributed by atoms with Crippen molar-refractivity contribution in [2.45, 2.75) is 25.5 Å². The molecule has 30 heavy (non-hydrogen) atoms. The summed E-state index contributed by atoms with van der Waals surface area (Å²) in [5.74, 6) is 0.525. The summed E-state index contributed by atoms with van der Waals surface area (Å²) >= 11 is 12.0. The average molecular weight is 445 g/mol. The van der Waals surface area contributed by atoms with Gasteiger partial charge >= 0.3 is 0 Å². The van der Waals surface area contributed by atoms with Crippen LogP contribution in [0.15, 0.2) is 66.9 Å². The highest BCUT2D eigenvalue weighted by Crippen LogP contribution is 2.38. The molecule has 2 aromatic carbocycles. The van der Waals surface area contributed by atoms with Gasteiger partial charge in [0.05, 0.1) is 10.0 Å². The molecule has 1 aliphatic heterocycles. The average Bonchev–Trinajstić information content (AvgIpc) is 3.16. The van der Waals surface area contributed by atoms with Crippen LogP contribution in [0.5, 0.6) is 5.88 Å². The first-order valence-electron chi connectivity index (χ1n) is 9.99. The Morgan fingerprint density at radius 2 is 1.90 bits per heavy atom. The number of halogens is 3. The van der Waals surface area contributed by atoms with Crippen molar-refractivity contribution in [1.29, 1.82) is 0 Å². The number of pyridine rings is 1. The van der Waals surface area contributed by atoms with Crippen molar-refractivity contribution in [3.05, 3.63) is 93.8 Å². The Labute approximate surface area is 186 Å². The van der Waals surface area contributed by atoms with Crippen LogP contribution in [0.25, 0.3) is 0 Å². The summed E-state index contributed by atoms with van der Waals surface area (Å²) in [7, 11) is 0. The van der Waals surface area contributed by atoms with E-state index in [0.29, 0.717) is 10.9 Å².